The molecule has 2 N–H and O–H groups in total. The standard InChI is InChI=1S/C32H55N3O4/c1-10-12-14-15-16-20-35(30(37)27(21-23(3)4)34-31(38)39-32(7,8)9)28(29(36)33-19-13-11-2)26-22-24(5)17-18-25(26)6/h17-18,22-23,27-28H,10-16,19-21H2,1-9H3,(H,33,36)(H,34,38). The number of amides is 3. The van der Waals surface area contributed by atoms with Gasteiger partial charge in [0.2, 0.25) is 11.8 Å². The average molecular weight is 546 g/mol. The van der Waals surface area contributed by atoms with E-state index in [2.05, 4.69) is 24.5 Å². The molecule has 1 rings (SSSR count). The van der Waals surface area contributed by atoms with Crippen LogP contribution in [0.1, 0.15) is 123 Å². The fourth-order valence-corrected chi connectivity index (χ4v) is 4.59. The molecule has 39 heavy (non-hydrogen) atoms. The minimum Gasteiger partial charge on any atom is -0.444 e. The number of aryl methyl sites for hydroxylation is 2. The summed E-state index contributed by atoms with van der Waals surface area (Å²) in [5.41, 5.74) is 2.13. The summed E-state index contributed by atoms with van der Waals surface area (Å²) in [6.45, 7) is 18.7. The molecule has 0 saturated carbocycles. The number of carbonyl (C=O) groups excluding carboxylic acids is 3. The third-order valence-corrected chi connectivity index (χ3v) is 6.60. The van der Waals surface area contributed by atoms with Gasteiger partial charge >= 0.3 is 6.09 Å². The molecule has 0 fully saturated rings. The second-order valence-corrected chi connectivity index (χ2v) is 12.2. The molecule has 2 atom stereocenters. The molecular formula is C32H55N3O4. The van der Waals surface area contributed by atoms with Crippen LogP contribution in [0.4, 0.5) is 4.79 Å². The van der Waals surface area contributed by atoms with Gasteiger partial charge in [-0.15, -0.1) is 0 Å². The molecule has 1 aromatic rings. The van der Waals surface area contributed by atoms with Crippen LogP contribution in [0.25, 0.3) is 0 Å². The smallest absolute Gasteiger partial charge is 0.408 e. The maximum absolute atomic E-state index is 14.3. The quantitative estimate of drug-likeness (QED) is 0.219. The number of nitrogens with one attached hydrogen (secondary N) is 2. The molecule has 0 saturated heterocycles. The summed E-state index contributed by atoms with van der Waals surface area (Å²) in [6.07, 6.45) is 6.77. The largest absolute Gasteiger partial charge is 0.444 e. The lowest BCUT2D eigenvalue weighted by Crippen LogP contribution is -2.53. The van der Waals surface area contributed by atoms with Crippen molar-refractivity contribution in [2.24, 2.45) is 5.92 Å². The zero-order valence-corrected chi connectivity index (χ0v) is 26.1. The Bertz CT molecular complexity index is 907. The van der Waals surface area contributed by atoms with Crippen molar-refractivity contribution in [3.05, 3.63) is 34.9 Å². The topological polar surface area (TPSA) is 87.7 Å². The highest BCUT2D eigenvalue weighted by Gasteiger charge is 2.37. The molecule has 0 heterocycles. The van der Waals surface area contributed by atoms with E-state index in [1.807, 2.05) is 45.9 Å². The third-order valence-electron chi connectivity index (χ3n) is 6.60. The van der Waals surface area contributed by atoms with Gasteiger partial charge in [0.15, 0.2) is 0 Å². The molecule has 0 aromatic heterocycles. The summed E-state index contributed by atoms with van der Waals surface area (Å²) >= 11 is 0. The Morgan fingerprint density at radius 3 is 2.18 bits per heavy atom. The lowest BCUT2D eigenvalue weighted by atomic mass is 9.94. The van der Waals surface area contributed by atoms with Crippen LogP contribution in [-0.2, 0) is 14.3 Å². The second kappa shape index (κ2) is 17.2. The van der Waals surface area contributed by atoms with Crippen molar-refractivity contribution in [2.45, 2.75) is 131 Å². The van der Waals surface area contributed by atoms with Crippen molar-refractivity contribution in [1.29, 1.82) is 0 Å². The minimum atomic E-state index is -0.799. The first-order valence-electron chi connectivity index (χ1n) is 15.0. The highest BCUT2D eigenvalue weighted by atomic mass is 16.6. The van der Waals surface area contributed by atoms with Crippen LogP contribution in [0.3, 0.4) is 0 Å². The predicted molar refractivity (Wildman–Crippen MR) is 160 cm³/mol. The molecule has 0 aliphatic heterocycles. The lowest BCUT2D eigenvalue weighted by Gasteiger charge is -2.35. The van der Waals surface area contributed by atoms with Crippen LogP contribution in [-0.4, -0.2) is 47.5 Å². The minimum absolute atomic E-state index is 0.151. The van der Waals surface area contributed by atoms with Gasteiger partial charge in [-0.3, -0.25) is 9.59 Å². The molecule has 1 aromatic carbocycles. The zero-order valence-electron chi connectivity index (χ0n) is 26.1. The van der Waals surface area contributed by atoms with Gasteiger partial charge in [0.25, 0.3) is 0 Å². The molecule has 7 heteroatoms. The van der Waals surface area contributed by atoms with E-state index < -0.39 is 23.8 Å². The van der Waals surface area contributed by atoms with Gasteiger partial charge in [0, 0.05) is 13.1 Å². The number of alkyl carbamates (subject to hydrolysis) is 1. The number of rotatable bonds is 16. The van der Waals surface area contributed by atoms with Crippen LogP contribution >= 0.6 is 0 Å². The highest BCUT2D eigenvalue weighted by molar-refractivity contribution is 5.92. The van der Waals surface area contributed by atoms with E-state index in [0.717, 1.165) is 61.6 Å². The Hall–Kier alpha value is -2.57. The van der Waals surface area contributed by atoms with E-state index in [-0.39, 0.29) is 17.7 Å². The molecule has 0 bridgehead atoms. The maximum atomic E-state index is 14.3. The average Bonchev–Trinajstić information content (AvgIpc) is 2.83. The Labute approximate surface area is 237 Å². The molecule has 0 spiro atoms. The highest BCUT2D eigenvalue weighted by Crippen LogP contribution is 2.28. The first-order valence-corrected chi connectivity index (χ1v) is 15.0. The van der Waals surface area contributed by atoms with E-state index in [1.165, 1.54) is 0 Å². The lowest BCUT2D eigenvalue weighted by molar-refractivity contribution is -0.143. The Morgan fingerprint density at radius 1 is 0.949 bits per heavy atom. The molecule has 0 radical (unpaired) electrons. The number of ether oxygens (including phenoxy) is 1. The fourth-order valence-electron chi connectivity index (χ4n) is 4.59. The van der Waals surface area contributed by atoms with Gasteiger partial charge in [0.1, 0.15) is 17.7 Å². The molecule has 0 aliphatic rings. The van der Waals surface area contributed by atoms with Crippen molar-refractivity contribution in [3.8, 4) is 0 Å². The van der Waals surface area contributed by atoms with Gasteiger partial charge in [-0.05, 0) is 70.9 Å². The van der Waals surface area contributed by atoms with E-state index in [1.54, 1.807) is 25.7 Å². The van der Waals surface area contributed by atoms with Gasteiger partial charge < -0.3 is 20.3 Å². The first kappa shape index (κ1) is 34.5. The van der Waals surface area contributed by atoms with E-state index in [9.17, 15) is 14.4 Å². The Kier molecular flexibility index (Phi) is 15.2. The van der Waals surface area contributed by atoms with Crippen molar-refractivity contribution < 1.29 is 19.1 Å². The van der Waals surface area contributed by atoms with E-state index in [0.29, 0.717) is 19.5 Å². The van der Waals surface area contributed by atoms with Crippen LogP contribution in [0.5, 0.6) is 0 Å². The number of unbranched alkanes of at least 4 members (excludes halogenated alkanes) is 5. The van der Waals surface area contributed by atoms with Crippen LogP contribution in [0, 0.1) is 19.8 Å². The summed E-state index contributed by atoms with van der Waals surface area (Å²) < 4.78 is 5.50. The van der Waals surface area contributed by atoms with Gasteiger partial charge in [-0.25, -0.2) is 4.79 Å². The summed E-state index contributed by atoms with van der Waals surface area (Å²) in [4.78, 5) is 42.6. The number of carbonyl (C=O) groups is 3. The van der Waals surface area contributed by atoms with E-state index in [4.69, 9.17) is 4.74 Å². The molecule has 222 valence electrons. The summed E-state index contributed by atoms with van der Waals surface area (Å²) in [7, 11) is 0. The van der Waals surface area contributed by atoms with Crippen molar-refractivity contribution in [3.63, 3.8) is 0 Å². The third kappa shape index (κ3) is 12.9. The predicted octanol–water partition coefficient (Wildman–Crippen LogP) is 7.00. The summed E-state index contributed by atoms with van der Waals surface area (Å²) in [5.74, 6) is -0.279. The monoisotopic (exact) mass is 545 g/mol. The maximum Gasteiger partial charge on any atom is 0.408 e. The number of hydrogen-bond acceptors (Lipinski definition) is 4. The van der Waals surface area contributed by atoms with Gasteiger partial charge in [0.05, 0.1) is 0 Å². The first-order chi connectivity index (χ1) is 18.3. The number of hydrogen-bond donors (Lipinski definition) is 2. The van der Waals surface area contributed by atoms with Crippen molar-refractivity contribution in [1.82, 2.24) is 15.5 Å². The van der Waals surface area contributed by atoms with Crippen LogP contribution < -0.4 is 10.6 Å². The summed E-state index contributed by atoms with van der Waals surface area (Å²) in [5, 5.41) is 5.92. The summed E-state index contributed by atoms with van der Waals surface area (Å²) in [6, 6.07) is 4.45. The Morgan fingerprint density at radius 2 is 1.59 bits per heavy atom. The van der Waals surface area contributed by atoms with Gasteiger partial charge in [-0.2, -0.15) is 0 Å². The molecular weight excluding hydrogens is 490 g/mol. The van der Waals surface area contributed by atoms with E-state index >= 15 is 0 Å². The van der Waals surface area contributed by atoms with Crippen LogP contribution in [0.15, 0.2) is 18.2 Å². The molecule has 3 amide bonds. The number of benzene rings is 1. The Balaban J connectivity index is 3.52. The van der Waals surface area contributed by atoms with Crippen LogP contribution in [0.2, 0.25) is 0 Å². The molecule has 2 unspecified atom stereocenters. The zero-order chi connectivity index (χ0) is 29.6. The molecule has 7 nitrogen and oxygen atoms in total. The fraction of sp³-hybridized carbons (Fsp3) is 0.719. The van der Waals surface area contributed by atoms with Crippen molar-refractivity contribution in [2.75, 3.05) is 13.1 Å². The normalized spacial score (nSPS) is 13.1. The van der Waals surface area contributed by atoms with Gasteiger partial charge in [-0.1, -0.05) is 83.6 Å². The molecule has 0 aliphatic carbocycles. The number of nitrogens with zero attached hydrogens (tertiary/aromatic N) is 1. The second-order valence-electron chi connectivity index (χ2n) is 12.2. The SMILES string of the molecule is CCCCCCCN(C(=O)C(CC(C)C)NC(=O)OC(C)(C)C)C(C(=O)NCCCC)c1cc(C)ccc1C. The van der Waals surface area contributed by atoms with Crippen molar-refractivity contribution >= 4 is 17.9 Å².